The van der Waals surface area contributed by atoms with Gasteiger partial charge in [0.25, 0.3) is 11.8 Å². The third-order valence-electron chi connectivity index (χ3n) is 4.09. The van der Waals surface area contributed by atoms with Crippen LogP contribution >= 0.6 is 11.3 Å². The number of carbonyl (C=O) groups is 3. The van der Waals surface area contributed by atoms with E-state index in [9.17, 15) is 14.4 Å². The Balaban J connectivity index is 1.48. The van der Waals surface area contributed by atoms with Gasteiger partial charge in [0.1, 0.15) is 0 Å². The first-order valence-electron chi connectivity index (χ1n) is 8.85. The molecule has 0 fully saturated rings. The van der Waals surface area contributed by atoms with E-state index in [1.807, 2.05) is 23.6 Å². The molecule has 1 heterocycles. The molecule has 0 saturated carbocycles. The lowest BCUT2D eigenvalue weighted by Gasteiger charge is -2.08. The number of nitrogens with one attached hydrogen (secondary N) is 3. The molecule has 0 bridgehead atoms. The van der Waals surface area contributed by atoms with Crippen molar-refractivity contribution in [2.75, 3.05) is 5.32 Å². The van der Waals surface area contributed by atoms with Crippen LogP contribution in [0, 0.1) is 0 Å². The topological polar surface area (TPSA) is 113 Å². The average molecular weight is 408 g/mol. The van der Waals surface area contributed by atoms with Crippen LogP contribution in [0.25, 0.3) is 0 Å². The molecule has 7 nitrogen and oxygen atoms in total. The van der Waals surface area contributed by atoms with E-state index in [2.05, 4.69) is 16.0 Å². The smallest absolute Gasteiger partial charge is 0.316 e. The second-order valence-corrected chi connectivity index (χ2v) is 7.17. The maximum atomic E-state index is 12.3. The van der Waals surface area contributed by atoms with Crippen LogP contribution in [-0.2, 0) is 13.1 Å². The second-order valence-electron chi connectivity index (χ2n) is 6.23. The number of hydrogen-bond acceptors (Lipinski definition) is 4. The van der Waals surface area contributed by atoms with Crippen molar-refractivity contribution < 1.29 is 14.4 Å². The van der Waals surface area contributed by atoms with Gasteiger partial charge in [-0.25, -0.2) is 4.79 Å². The number of carbonyl (C=O) groups excluding carboxylic acids is 3. The van der Waals surface area contributed by atoms with E-state index in [4.69, 9.17) is 5.73 Å². The van der Waals surface area contributed by atoms with Crippen LogP contribution in [0.1, 0.15) is 31.2 Å². The Hall–Kier alpha value is -3.65. The molecular formula is C21H20N4O3S. The highest BCUT2D eigenvalue weighted by Crippen LogP contribution is 2.11. The van der Waals surface area contributed by atoms with Crippen molar-refractivity contribution in [1.82, 2.24) is 10.6 Å². The van der Waals surface area contributed by atoms with Crippen molar-refractivity contribution in [2.24, 2.45) is 5.73 Å². The maximum absolute atomic E-state index is 12.3. The summed E-state index contributed by atoms with van der Waals surface area (Å²) >= 11 is 1.39. The van der Waals surface area contributed by atoms with Crippen LogP contribution in [0.3, 0.4) is 0 Å². The molecule has 0 atom stereocenters. The van der Waals surface area contributed by atoms with Gasteiger partial charge in [0.2, 0.25) is 0 Å². The zero-order chi connectivity index (χ0) is 20.6. The largest absolute Gasteiger partial charge is 0.351 e. The van der Waals surface area contributed by atoms with Gasteiger partial charge in [-0.1, -0.05) is 30.3 Å². The molecule has 0 aliphatic carbocycles. The number of benzene rings is 2. The predicted octanol–water partition coefficient (Wildman–Crippen LogP) is 3.10. The van der Waals surface area contributed by atoms with Gasteiger partial charge in [0.05, 0.1) is 4.88 Å². The molecule has 0 unspecified atom stereocenters. The molecular weight excluding hydrogens is 388 g/mol. The Bertz CT molecular complexity index is 984. The van der Waals surface area contributed by atoms with E-state index in [1.165, 1.54) is 11.3 Å². The predicted molar refractivity (Wildman–Crippen MR) is 113 cm³/mol. The molecule has 0 saturated heterocycles. The van der Waals surface area contributed by atoms with Crippen LogP contribution < -0.4 is 21.7 Å². The average Bonchev–Trinajstić information content (AvgIpc) is 3.26. The molecule has 0 radical (unpaired) electrons. The first-order chi connectivity index (χ1) is 14.0. The van der Waals surface area contributed by atoms with Gasteiger partial charge in [0, 0.05) is 24.3 Å². The number of primary amides is 1. The lowest BCUT2D eigenvalue weighted by molar-refractivity contribution is 0.0943. The Morgan fingerprint density at radius 1 is 0.793 bits per heavy atom. The summed E-state index contributed by atoms with van der Waals surface area (Å²) in [6.07, 6.45) is 0. The minimum Gasteiger partial charge on any atom is -0.351 e. The van der Waals surface area contributed by atoms with E-state index in [1.54, 1.807) is 42.5 Å². The molecule has 0 aliphatic rings. The number of hydrogen-bond donors (Lipinski definition) is 4. The van der Waals surface area contributed by atoms with Crippen LogP contribution in [0.15, 0.2) is 66.0 Å². The van der Waals surface area contributed by atoms with Crippen LogP contribution in [0.5, 0.6) is 0 Å². The van der Waals surface area contributed by atoms with Gasteiger partial charge < -0.3 is 21.7 Å². The number of anilines is 1. The molecule has 3 rings (SSSR count). The zero-order valence-corrected chi connectivity index (χ0v) is 16.3. The summed E-state index contributed by atoms with van der Waals surface area (Å²) < 4.78 is 0. The molecule has 29 heavy (non-hydrogen) atoms. The molecule has 8 heteroatoms. The Labute approximate surface area is 171 Å². The van der Waals surface area contributed by atoms with Crippen LogP contribution in [0.4, 0.5) is 10.5 Å². The van der Waals surface area contributed by atoms with Crippen molar-refractivity contribution in [2.45, 2.75) is 13.1 Å². The Morgan fingerprint density at radius 3 is 1.93 bits per heavy atom. The van der Waals surface area contributed by atoms with Gasteiger partial charge in [-0.05, 0) is 46.8 Å². The quantitative estimate of drug-likeness (QED) is 0.482. The number of urea groups is 1. The molecule has 0 spiro atoms. The van der Waals surface area contributed by atoms with Gasteiger partial charge in [0.15, 0.2) is 0 Å². The number of nitrogens with two attached hydrogens (primary N) is 1. The van der Waals surface area contributed by atoms with Crippen molar-refractivity contribution in [1.29, 1.82) is 0 Å². The highest BCUT2D eigenvalue weighted by molar-refractivity contribution is 7.12. The normalized spacial score (nSPS) is 10.2. The van der Waals surface area contributed by atoms with Gasteiger partial charge >= 0.3 is 6.03 Å². The SMILES string of the molecule is NC(=O)Nc1ccc(CNC(=O)c2ccc(CNC(=O)c3cccs3)cc2)cc1. The highest BCUT2D eigenvalue weighted by Gasteiger charge is 2.08. The fourth-order valence-electron chi connectivity index (χ4n) is 2.58. The van der Waals surface area contributed by atoms with E-state index in [0.717, 1.165) is 11.1 Å². The molecule has 2 aromatic carbocycles. The second kappa shape index (κ2) is 9.52. The minimum atomic E-state index is -0.624. The summed E-state index contributed by atoms with van der Waals surface area (Å²) in [4.78, 5) is 35.7. The molecule has 0 aliphatic heterocycles. The maximum Gasteiger partial charge on any atom is 0.316 e. The standard InChI is InChI=1S/C21H20N4O3S/c22-21(28)25-17-9-5-15(6-10-17)12-23-19(26)16-7-3-14(4-8-16)13-24-20(27)18-2-1-11-29-18/h1-11H,12-13H2,(H,23,26)(H,24,27)(H3,22,25,28). The third kappa shape index (κ3) is 5.91. The number of rotatable bonds is 7. The fourth-order valence-corrected chi connectivity index (χ4v) is 3.22. The Kier molecular flexibility index (Phi) is 6.59. The van der Waals surface area contributed by atoms with Crippen LogP contribution in [-0.4, -0.2) is 17.8 Å². The number of amides is 4. The summed E-state index contributed by atoms with van der Waals surface area (Å²) in [6.45, 7) is 0.749. The zero-order valence-electron chi connectivity index (χ0n) is 15.5. The first-order valence-corrected chi connectivity index (χ1v) is 9.73. The molecule has 3 aromatic rings. The van der Waals surface area contributed by atoms with Crippen LogP contribution in [0.2, 0.25) is 0 Å². The van der Waals surface area contributed by atoms with E-state index >= 15 is 0 Å². The molecule has 5 N–H and O–H groups in total. The lowest BCUT2D eigenvalue weighted by atomic mass is 10.1. The fraction of sp³-hybridized carbons (Fsp3) is 0.0952. The monoisotopic (exact) mass is 408 g/mol. The lowest BCUT2D eigenvalue weighted by Crippen LogP contribution is -2.23. The summed E-state index contributed by atoms with van der Waals surface area (Å²) in [5.74, 6) is -0.308. The summed E-state index contributed by atoms with van der Waals surface area (Å²) in [5, 5.41) is 10.0. The van der Waals surface area contributed by atoms with E-state index in [-0.39, 0.29) is 11.8 Å². The summed E-state index contributed by atoms with van der Waals surface area (Å²) in [7, 11) is 0. The number of thiophene rings is 1. The Morgan fingerprint density at radius 2 is 1.38 bits per heavy atom. The van der Waals surface area contributed by atoms with Crippen molar-refractivity contribution in [3.05, 3.63) is 87.6 Å². The summed E-state index contributed by atoms with van der Waals surface area (Å²) in [6, 6.07) is 17.1. The van der Waals surface area contributed by atoms with Crippen molar-refractivity contribution in [3.8, 4) is 0 Å². The molecule has 148 valence electrons. The highest BCUT2D eigenvalue weighted by atomic mass is 32.1. The van der Waals surface area contributed by atoms with E-state index in [0.29, 0.717) is 29.2 Å². The van der Waals surface area contributed by atoms with Crippen molar-refractivity contribution in [3.63, 3.8) is 0 Å². The summed E-state index contributed by atoms with van der Waals surface area (Å²) in [5.41, 5.74) is 7.99. The minimum absolute atomic E-state index is 0.112. The van der Waals surface area contributed by atoms with Gasteiger partial charge in [-0.2, -0.15) is 0 Å². The van der Waals surface area contributed by atoms with Crippen molar-refractivity contribution >= 4 is 34.9 Å². The van der Waals surface area contributed by atoms with E-state index < -0.39 is 6.03 Å². The molecule has 4 amide bonds. The first kappa shape index (κ1) is 20.1. The third-order valence-corrected chi connectivity index (χ3v) is 4.96. The molecule has 1 aromatic heterocycles. The van der Waals surface area contributed by atoms with Gasteiger partial charge in [-0.15, -0.1) is 11.3 Å². The van der Waals surface area contributed by atoms with Gasteiger partial charge in [-0.3, -0.25) is 9.59 Å².